The lowest BCUT2D eigenvalue weighted by atomic mass is 10.0. The van der Waals surface area contributed by atoms with Crippen LogP contribution in [0.15, 0.2) is 60.9 Å². The minimum absolute atomic E-state index is 0.330. The molecule has 2 aromatic carbocycles. The van der Waals surface area contributed by atoms with Crippen LogP contribution in [0.1, 0.15) is 22.8 Å². The first-order chi connectivity index (χ1) is 12.6. The van der Waals surface area contributed by atoms with Gasteiger partial charge in [0.1, 0.15) is 5.75 Å². The maximum Gasteiger partial charge on any atom is 0.340 e. The highest BCUT2D eigenvalue weighted by Gasteiger charge is 2.17. The number of ether oxygens (including phenoxy) is 2. The quantitative estimate of drug-likeness (QED) is 0.571. The number of nitrogens with zero attached hydrogens (tertiary/aromatic N) is 1. The van der Waals surface area contributed by atoms with Crippen molar-refractivity contribution in [3.8, 4) is 16.9 Å². The topological polar surface area (TPSA) is 40.5 Å². The molecule has 0 saturated carbocycles. The molecule has 0 radical (unpaired) electrons. The predicted octanol–water partition coefficient (Wildman–Crippen LogP) is 5.04. The van der Waals surface area contributed by atoms with E-state index in [0.717, 1.165) is 22.4 Å². The van der Waals surface area contributed by atoms with Crippen molar-refractivity contribution in [1.82, 2.24) is 4.57 Å². The largest absolute Gasteiger partial charge is 0.497 e. The molecule has 0 aliphatic rings. The van der Waals surface area contributed by atoms with Crippen LogP contribution < -0.4 is 4.74 Å². The average Bonchev–Trinajstić information content (AvgIpc) is 3.08. The summed E-state index contributed by atoms with van der Waals surface area (Å²) in [5, 5.41) is 0.699. The molecule has 26 heavy (non-hydrogen) atoms. The van der Waals surface area contributed by atoms with Gasteiger partial charge in [-0.2, -0.15) is 0 Å². The second kappa shape index (κ2) is 8.11. The molecule has 0 aliphatic heterocycles. The Bertz CT molecular complexity index is 900. The van der Waals surface area contributed by atoms with Gasteiger partial charge in [-0.1, -0.05) is 41.9 Å². The van der Waals surface area contributed by atoms with Gasteiger partial charge in [-0.05, 0) is 36.2 Å². The minimum Gasteiger partial charge on any atom is -0.497 e. The Balaban J connectivity index is 1.99. The zero-order valence-corrected chi connectivity index (χ0v) is 15.5. The fourth-order valence-corrected chi connectivity index (χ4v) is 2.99. The van der Waals surface area contributed by atoms with E-state index in [1.54, 1.807) is 20.2 Å². The number of aromatic nitrogens is 1. The molecule has 4 nitrogen and oxygen atoms in total. The van der Waals surface area contributed by atoms with Crippen LogP contribution in [0.2, 0.25) is 5.02 Å². The highest BCUT2D eigenvalue weighted by molar-refractivity contribution is 6.31. The molecule has 0 amide bonds. The second-order valence-electron chi connectivity index (χ2n) is 5.80. The molecule has 0 atom stereocenters. The molecule has 1 heterocycles. The van der Waals surface area contributed by atoms with Crippen molar-refractivity contribution < 1.29 is 14.3 Å². The Morgan fingerprint density at radius 3 is 2.46 bits per heavy atom. The van der Waals surface area contributed by atoms with Gasteiger partial charge in [0.15, 0.2) is 0 Å². The summed E-state index contributed by atoms with van der Waals surface area (Å²) >= 11 is 6.26. The molecule has 0 N–H and O–H groups in total. The molecule has 134 valence electrons. The SMILES string of the molecule is CCOC(=O)c1cn(Cc2ccccc2Cl)cc1-c1ccc(OC)cc1. The summed E-state index contributed by atoms with van der Waals surface area (Å²) in [4.78, 5) is 12.4. The Hall–Kier alpha value is -2.72. The first kappa shape index (κ1) is 18.1. The smallest absolute Gasteiger partial charge is 0.340 e. The molecular formula is C21H20ClNO3. The van der Waals surface area contributed by atoms with Gasteiger partial charge in [-0.15, -0.1) is 0 Å². The molecule has 3 aromatic rings. The van der Waals surface area contributed by atoms with Crippen molar-refractivity contribution in [2.45, 2.75) is 13.5 Å². The normalized spacial score (nSPS) is 10.6. The molecular weight excluding hydrogens is 350 g/mol. The van der Waals surface area contributed by atoms with E-state index in [9.17, 15) is 4.79 Å². The van der Waals surface area contributed by atoms with Gasteiger partial charge in [0.2, 0.25) is 0 Å². The first-order valence-electron chi connectivity index (χ1n) is 8.37. The number of hydrogen-bond donors (Lipinski definition) is 0. The fraction of sp³-hybridized carbons (Fsp3) is 0.190. The monoisotopic (exact) mass is 369 g/mol. The average molecular weight is 370 g/mol. The summed E-state index contributed by atoms with van der Waals surface area (Å²) < 4.78 is 12.4. The van der Waals surface area contributed by atoms with E-state index in [1.807, 2.05) is 59.3 Å². The maximum absolute atomic E-state index is 12.4. The third kappa shape index (κ3) is 3.92. The van der Waals surface area contributed by atoms with Gasteiger partial charge in [-0.25, -0.2) is 4.79 Å². The summed E-state index contributed by atoms with van der Waals surface area (Å²) in [5.41, 5.74) is 3.26. The van der Waals surface area contributed by atoms with Gasteiger partial charge in [-0.3, -0.25) is 0 Å². The molecule has 0 aliphatic carbocycles. The van der Waals surface area contributed by atoms with Crippen LogP contribution in [0.5, 0.6) is 5.75 Å². The Morgan fingerprint density at radius 1 is 1.08 bits per heavy atom. The number of esters is 1. The Labute approximate surface area is 157 Å². The fourth-order valence-electron chi connectivity index (χ4n) is 2.79. The number of hydrogen-bond acceptors (Lipinski definition) is 3. The number of carbonyl (C=O) groups is 1. The highest BCUT2D eigenvalue weighted by Crippen LogP contribution is 2.28. The van der Waals surface area contributed by atoms with E-state index in [1.165, 1.54) is 0 Å². The van der Waals surface area contributed by atoms with Gasteiger partial charge < -0.3 is 14.0 Å². The van der Waals surface area contributed by atoms with Gasteiger partial charge >= 0.3 is 5.97 Å². The predicted molar refractivity (Wildman–Crippen MR) is 103 cm³/mol. The van der Waals surface area contributed by atoms with Crippen LogP contribution in [0.25, 0.3) is 11.1 Å². The summed E-state index contributed by atoms with van der Waals surface area (Å²) in [7, 11) is 1.62. The molecule has 0 unspecified atom stereocenters. The van der Waals surface area contributed by atoms with E-state index in [2.05, 4.69) is 0 Å². The minimum atomic E-state index is -0.337. The van der Waals surface area contributed by atoms with Crippen LogP contribution in [0, 0.1) is 0 Å². The van der Waals surface area contributed by atoms with E-state index in [-0.39, 0.29) is 5.97 Å². The van der Waals surface area contributed by atoms with Crippen LogP contribution in [0.3, 0.4) is 0 Å². The number of halogens is 1. The molecule has 0 saturated heterocycles. The van der Waals surface area contributed by atoms with Crippen molar-refractivity contribution in [3.63, 3.8) is 0 Å². The van der Waals surface area contributed by atoms with Crippen molar-refractivity contribution >= 4 is 17.6 Å². The van der Waals surface area contributed by atoms with Crippen molar-refractivity contribution in [2.24, 2.45) is 0 Å². The molecule has 5 heteroatoms. The zero-order valence-electron chi connectivity index (χ0n) is 14.7. The lowest BCUT2D eigenvalue weighted by Crippen LogP contribution is -2.05. The number of carbonyl (C=O) groups excluding carboxylic acids is 1. The molecule has 0 fully saturated rings. The maximum atomic E-state index is 12.4. The number of benzene rings is 2. The van der Waals surface area contributed by atoms with Crippen LogP contribution >= 0.6 is 11.6 Å². The lowest BCUT2D eigenvalue weighted by Gasteiger charge is -2.05. The molecule has 1 aromatic heterocycles. The summed E-state index contributed by atoms with van der Waals surface area (Å²) in [6, 6.07) is 15.3. The second-order valence-corrected chi connectivity index (χ2v) is 6.21. The van der Waals surface area contributed by atoms with Gasteiger partial charge in [0.25, 0.3) is 0 Å². The molecule has 0 bridgehead atoms. The molecule has 3 rings (SSSR count). The summed E-state index contributed by atoms with van der Waals surface area (Å²) in [6.07, 6.45) is 3.75. The third-order valence-corrected chi connectivity index (χ3v) is 4.46. The third-order valence-electron chi connectivity index (χ3n) is 4.09. The van der Waals surface area contributed by atoms with E-state index in [0.29, 0.717) is 23.7 Å². The van der Waals surface area contributed by atoms with Crippen molar-refractivity contribution in [1.29, 1.82) is 0 Å². The van der Waals surface area contributed by atoms with Crippen LogP contribution in [0.4, 0.5) is 0 Å². The zero-order chi connectivity index (χ0) is 18.5. The Morgan fingerprint density at radius 2 is 1.81 bits per heavy atom. The van der Waals surface area contributed by atoms with Crippen molar-refractivity contribution in [2.75, 3.05) is 13.7 Å². The highest BCUT2D eigenvalue weighted by atomic mass is 35.5. The van der Waals surface area contributed by atoms with Gasteiger partial charge in [0.05, 0.1) is 19.3 Å². The lowest BCUT2D eigenvalue weighted by molar-refractivity contribution is 0.0527. The number of methoxy groups -OCH3 is 1. The van der Waals surface area contributed by atoms with Crippen LogP contribution in [-0.4, -0.2) is 24.3 Å². The van der Waals surface area contributed by atoms with E-state index < -0.39 is 0 Å². The standard InChI is InChI=1S/C21H20ClNO3/c1-3-26-21(24)19-14-23(12-16-6-4-5-7-20(16)22)13-18(19)15-8-10-17(25-2)11-9-15/h4-11,13-14H,3,12H2,1-2H3. The van der Waals surface area contributed by atoms with Gasteiger partial charge in [0, 0.05) is 29.5 Å². The first-order valence-corrected chi connectivity index (χ1v) is 8.75. The summed E-state index contributed by atoms with van der Waals surface area (Å²) in [5.74, 6) is 0.429. The van der Waals surface area contributed by atoms with Crippen LogP contribution in [-0.2, 0) is 11.3 Å². The van der Waals surface area contributed by atoms with E-state index in [4.69, 9.17) is 21.1 Å². The Kier molecular flexibility index (Phi) is 5.64. The van der Waals surface area contributed by atoms with Crippen molar-refractivity contribution in [3.05, 3.63) is 77.1 Å². The summed E-state index contributed by atoms with van der Waals surface area (Å²) in [6.45, 7) is 2.70. The van der Waals surface area contributed by atoms with E-state index >= 15 is 0 Å². The number of rotatable bonds is 6. The molecule has 0 spiro atoms.